The minimum absolute atomic E-state index is 0. The molecule has 0 amide bonds. The SMILES string of the molecule is Cl.ClCC#CCCl.NCC#CCCl. The molecule has 5 heteroatoms. The Labute approximate surface area is 101 Å². The zero-order chi connectivity index (χ0) is 9.66. The summed E-state index contributed by atoms with van der Waals surface area (Å²) in [6.07, 6.45) is 0. The van der Waals surface area contributed by atoms with Gasteiger partial charge in [-0.3, -0.25) is 0 Å². The van der Waals surface area contributed by atoms with Gasteiger partial charge in [-0.2, -0.15) is 0 Å². The summed E-state index contributed by atoms with van der Waals surface area (Å²) in [6.45, 7) is 0.409. The van der Waals surface area contributed by atoms with E-state index >= 15 is 0 Å². The van der Waals surface area contributed by atoms with Crippen LogP contribution in [0.3, 0.4) is 0 Å². The summed E-state index contributed by atoms with van der Waals surface area (Å²) in [7, 11) is 0. The molecule has 0 saturated heterocycles. The largest absolute Gasteiger partial charge is 0.320 e. The van der Waals surface area contributed by atoms with E-state index in [1.807, 2.05) is 0 Å². The van der Waals surface area contributed by atoms with E-state index in [-0.39, 0.29) is 12.4 Å². The molecule has 0 aromatic carbocycles. The lowest BCUT2D eigenvalue weighted by molar-refractivity contribution is 1.30. The molecular weight excluding hydrogens is 252 g/mol. The van der Waals surface area contributed by atoms with Crippen LogP contribution < -0.4 is 5.73 Å². The molecule has 0 saturated carbocycles. The predicted molar refractivity (Wildman–Crippen MR) is 64.0 cm³/mol. The highest BCUT2D eigenvalue weighted by Crippen LogP contribution is 1.70. The molecule has 0 aliphatic heterocycles. The van der Waals surface area contributed by atoms with Gasteiger partial charge in [0.15, 0.2) is 0 Å². The zero-order valence-electron chi connectivity index (χ0n) is 6.95. The molecule has 13 heavy (non-hydrogen) atoms. The second kappa shape index (κ2) is 22.8. The Morgan fingerprint density at radius 2 is 1.08 bits per heavy atom. The fourth-order valence-electron chi connectivity index (χ4n) is 0.214. The quantitative estimate of drug-likeness (QED) is 0.525. The van der Waals surface area contributed by atoms with Gasteiger partial charge in [-0.25, -0.2) is 0 Å². The molecule has 0 radical (unpaired) electrons. The van der Waals surface area contributed by atoms with Crippen LogP contribution in [0.4, 0.5) is 0 Å². The topological polar surface area (TPSA) is 26.0 Å². The van der Waals surface area contributed by atoms with Crippen LogP contribution in [0.15, 0.2) is 0 Å². The Morgan fingerprint density at radius 3 is 1.23 bits per heavy atom. The second-order valence-electron chi connectivity index (χ2n) is 1.31. The number of hydrogen-bond donors (Lipinski definition) is 1. The van der Waals surface area contributed by atoms with Gasteiger partial charge in [0.05, 0.1) is 24.2 Å². The van der Waals surface area contributed by atoms with Crippen LogP contribution in [-0.4, -0.2) is 24.2 Å². The Kier molecular flexibility index (Phi) is 33.1. The van der Waals surface area contributed by atoms with Crippen LogP contribution in [0.5, 0.6) is 0 Å². The average Bonchev–Trinajstić information content (AvgIpc) is 2.12. The lowest BCUT2D eigenvalue weighted by atomic mass is 10.6. The number of rotatable bonds is 0. The van der Waals surface area contributed by atoms with Gasteiger partial charge in [-0.1, -0.05) is 23.7 Å². The van der Waals surface area contributed by atoms with Crippen molar-refractivity contribution in [2.45, 2.75) is 0 Å². The van der Waals surface area contributed by atoms with Crippen LogP contribution in [0.2, 0.25) is 0 Å². The Morgan fingerprint density at radius 1 is 0.769 bits per heavy atom. The summed E-state index contributed by atoms with van der Waals surface area (Å²) in [4.78, 5) is 0. The Hall–Kier alpha value is 0.240. The van der Waals surface area contributed by atoms with Crippen LogP contribution >= 0.6 is 47.2 Å². The highest BCUT2D eigenvalue weighted by Gasteiger charge is 1.59. The number of alkyl halides is 3. The maximum absolute atomic E-state index is 5.15. The van der Waals surface area contributed by atoms with Crippen molar-refractivity contribution in [1.29, 1.82) is 0 Å². The Balaban J connectivity index is -0.000000143. The fraction of sp³-hybridized carbons (Fsp3) is 0.500. The van der Waals surface area contributed by atoms with E-state index < -0.39 is 0 Å². The van der Waals surface area contributed by atoms with Crippen LogP contribution in [0, 0.1) is 23.7 Å². The molecular formula is C8H11Cl4N. The highest BCUT2D eigenvalue weighted by atomic mass is 35.5. The third-order valence-corrected chi connectivity index (χ3v) is 0.953. The molecule has 0 rings (SSSR count). The van der Waals surface area contributed by atoms with Crippen molar-refractivity contribution >= 4 is 47.2 Å². The smallest absolute Gasteiger partial charge is 0.0835 e. The molecule has 0 bridgehead atoms. The molecule has 0 fully saturated rings. The van der Waals surface area contributed by atoms with Crippen LogP contribution in [-0.2, 0) is 0 Å². The molecule has 1 nitrogen and oxygen atoms in total. The van der Waals surface area contributed by atoms with Gasteiger partial charge >= 0.3 is 0 Å². The van der Waals surface area contributed by atoms with E-state index in [0.29, 0.717) is 24.2 Å². The number of nitrogens with two attached hydrogens (primary N) is 1. The molecule has 0 spiro atoms. The molecule has 0 atom stereocenters. The first-order valence-corrected chi connectivity index (χ1v) is 4.73. The van der Waals surface area contributed by atoms with Crippen LogP contribution in [0.1, 0.15) is 0 Å². The van der Waals surface area contributed by atoms with E-state index in [1.165, 1.54) is 0 Å². The molecule has 2 N–H and O–H groups in total. The number of halogens is 4. The van der Waals surface area contributed by atoms with Crippen molar-refractivity contribution in [3.8, 4) is 23.7 Å². The molecule has 0 aliphatic rings. The van der Waals surface area contributed by atoms with E-state index in [2.05, 4.69) is 23.7 Å². The second-order valence-corrected chi connectivity index (χ2v) is 2.11. The minimum atomic E-state index is 0. The average molecular weight is 263 g/mol. The third kappa shape index (κ3) is 33.0. The first kappa shape index (κ1) is 18.9. The minimum Gasteiger partial charge on any atom is -0.320 e. The van der Waals surface area contributed by atoms with Gasteiger partial charge in [-0.15, -0.1) is 47.2 Å². The van der Waals surface area contributed by atoms with Crippen molar-refractivity contribution in [2.24, 2.45) is 5.73 Å². The molecule has 0 unspecified atom stereocenters. The lowest BCUT2D eigenvalue weighted by Gasteiger charge is -1.65. The van der Waals surface area contributed by atoms with Crippen molar-refractivity contribution < 1.29 is 0 Å². The highest BCUT2D eigenvalue weighted by molar-refractivity contribution is 6.20. The molecule has 76 valence electrons. The zero-order valence-corrected chi connectivity index (χ0v) is 10.0. The van der Waals surface area contributed by atoms with Gasteiger partial charge in [-0.05, 0) is 0 Å². The van der Waals surface area contributed by atoms with E-state index in [1.54, 1.807) is 0 Å². The molecule has 0 aromatic heterocycles. The molecule has 0 aliphatic carbocycles. The lowest BCUT2D eigenvalue weighted by Crippen LogP contribution is -1.92. The van der Waals surface area contributed by atoms with Gasteiger partial charge in [0.1, 0.15) is 0 Å². The van der Waals surface area contributed by atoms with E-state index in [0.717, 1.165) is 0 Å². The van der Waals surface area contributed by atoms with Crippen molar-refractivity contribution in [1.82, 2.24) is 0 Å². The van der Waals surface area contributed by atoms with Gasteiger partial charge in [0, 0.05) is 0 Å². The Bertz CT molecular complexity index is 146. The first-order valence-electron chi connectivity index (χ1n) is 3.12. The van der Waals surface area contributed by atoms with E-state index in [4.69, 9.17) is 40.5 Å². The summed E-state index contributed by atoms with van der Waals surface area (Å²) in [5.74, 6) is 11.5. The van der Waals surface area contributed by atoms with Gasteiger partial charge in [0.2, 0.25) is 0 Å². The first-order chi connectivity index (χ1) is 5.83. The maximum Gasteiger partial charge on any atom is 0.0835 e. The standard InChI is InChI=1S/C4H4Cl2.C4H6ClN.ClH/c2*5-3-1-2-4-6;/h3-4H2;3-4,6H2;1H. The van der Waals surface area contributed by atoms with E-state index in [9.17, 15) is 0 Å². The predicted octanol–water partition coefficient (Wildman–Crippen LogP) is 2.08. The summed E-state index contributed by atoms with van der Waals surface area (Å²) in [6, 6.07) is 0. The normalized spacial score (nSPS) is 5.85. The molecule has 0 aromatic rings. The van der Waals surface area contributed by atoms with Crippen molar-refractivity contribution in [3.05, 3.63) is 0 Å². The number of hydrogen-bond acceptors (Lipinski definition) is 1. The van der Waals surface area contributed by atoms with Crippen LogP contribution in [0.25, 0.3) is 0 Å². The van der Waals surface area contributed by atoms with Crippen molar-refractivity contribution in [3.63, 3.8) is 0 Å². The molecule has 0 heterocycles. The monoisotopic (exact) mass is 261 g/mol. The fourth-order valence-corrected chi connectivity index (χ4v) is 0.497. The third-order valence-electron chi connectivity index (χ3n) is 0.553. The maximum atomic E-state index is 5.15. The van der Waals surface area contributed by atoms with Gasteiger partial charge < -0.3 is 5.73 Å². The summed E-state index contributed by atoms with van der Waals surface area (Å²) < 4.78 is 0. The van der Waals surface area contributed by atoms with Gasteiger partial charge in [0.25, 0.3) is 0 Å². The van der Waals surface area contributed by atoms with Crippen molar-refractivity contribution in [2.75, 3.05) is 24.2 Å². The summed E-state index contributed by atoms with van der Waals surface area (Å²) >= 11 is 15.4. The summed E-state index contributed by atoms with van der Waals surface area (Å²) in [5, 5.41) is 0. The summed E-state index contributed by atoms with van der Waals surface area (Å²) in [5.41, 5.74) is 4.98.